The molecule has 4 rings (SSSR count). The molecular formula is C18H21N3O2. The van der Waals surface area contributed by atoms with Gasteiger partial charge in [0.25, 0.3) is 5.56 Å². The van der Waals surface area contributed by atoms with Crippen LogP contribution >= 0.6 is 0 Å². The van der Waals surface area contributed by atoms with Gasteiger partial charge in [0.2, 0.25) is 0 Å². The third-order valence-electron chi connectivity index (χ3n) is 5.10. The van der Waals surface area contributed by atoms with Crippen molar-refractivity contribution < 1.29 is 0 Å². The summed E-state index contributed by atoms with van der Waals surface area (Å²) in [5.41, 5.74) is 2.11. The SMILES string of the molecule is O=c1cc(N[C@H]2CCCc3ccccc32)[nH]c(=O)n1C1CCC1. The van der Waals surface area contributed by atoms with Gasteiger partial charge in [-0.25, -0.2) is 4.79 Å². The number of nitrogens with zero attached hydrogens (tertiary/aromatic N) is 1. The molecule has 0 spiro atoms. The third kappa shape index (κ3) is 2.60. The number of hydrogen-bond acceptors (Lipinski definition) is 3. The molecule has 5 nitrogen and oxygen atoms in total. The Morgan fingerprint density at radius 1 is 1.09 bits per heavy atom. The van der Waals surface area contributed by atoms with Gasteiger partial charge in [-0.3, -0.25) is 14.3 Å². The molecule has 2 aromatic rings. The molecule has 23 heavy (non-hydrogen) atoms. The average Bonchev–Trinajstić information content (AvgIpc) is 2.49. The monoisotopic (exact) mass is 311 g/mol. The molecule has 5 heteroatoms. The number of anilines is 1. The lowest BCUT2D eigenvalue weighted by Crippen LogP contribution is -2.40. The molecule has 1 heterocycles. The molecule has 2 aliphatic rings. The summed E-state index contributed by atoms with van der Waals surface area (Å²) < 4.78 is 1.36. The molecule has 2 N–H and O–H groups in total. The minimum Gasteiger partial charge on any atom is -0.365 e. The molecule has 0 radical (unpaired) electrons. The first kappa shape index (κ1) is 14.3. The van der Waals surface area contributed by atoms with Crippen LogP contribution in [0.1, 0.15) is 55.3 Å². The lowest BCUT2D eigenvalue weighted by Gasteiger charge is -2.28. The summed E-state index contributed by atoms with van der Waals surface area (Å²) in [7, 11) is 0. The van der Waals surface area contributed by atoms with Gasteiger partial charge in [-0.2, -0.15) is 0 Å². The first-order chi connectivity index (χ1) is 11.2. The predicted octanol–water partition coefficient (Wildman–Crippen LogP) is 2.75. The molecule has 1 atom stereocenters. The number of hydrogen-bond donors (Lipinski definition) is 2. The normalized spacial score (nSPS) is 20.6. The van der Waals surface area contributed by atoms with Gasteiger partial charge in [0.1, 0.15) is 5.82 Å². The molecule has 0 bridgehead atoms. The Morgan fingerprint density at radius 2 is 1.91 bits per heavy atom. The van der Waals surface area contributed by atoms with Crippen molar-refractivity contribution in [2.24, 2.45) is 0 Å². The molecule has 0 amide bonds. The van der Waals surface area contributed by atoms with Crippen molar-refractivity contribution in [2.75, 3.05) is 5.32 Å². The first-order valence-corrected chi connectivity index (χ1v) is 8.42. The van der Waals surface area contributed by atoms with Crippen molar-refractivity contribution in [3.63, 3.8) is 0 Å². The zero-order valence-electron chi connectivity index (χ0n) is 13.0. The Kier molecular flexibility index (Phi) is 3.56. The molecular weight excluding hydrogens is 290 g/mol. The van der Waals surface area contributed by atoms with E-state index < -0.39 is 0 Å². The number of aromatic nitrogens is 2. The van der Waals surface area contributed by atoms with Crippen LogP contribution in [0.2, 0.25) is 0 Å². The minimum absolute atomic E-state index is 0.0794. The number of aryl methyl sites for hydroxylation is 1. The van der Waals surface area contributed by atoms with Crippen molar-refractivity contribution in [2.45, 2.75) is 50.6 Å². The molecule has 1 aromatic heterocycles. The molecule has 1 fully saturated rings. The highest BCUT2D eigenvalue weighted by Gasteiger charge is 2.24. The van der Waals surface area contributed by atoms with Gasteiger partial charge >= 0.3 is 5.69 Å². The van der Waals surface area contributed by atoms with Gasteiger partial charge in [0.15, 0.2) is 0 Å². The second kappa shape index (κ2) is 5.72. The van der Waals surface area contributed by atoms with Gasteiger partial charge < -0.3 is 5.32 Å². The number of aromatic amines is 1. The molecule has 1 aromatic carbocycles. The Balaban J connectivity index is 1.63. The van der Waals surface area contributed by atoms with Gasteiger partial charge in [-0.05, 0) is 49.7 Å². The second-order valence-electron chi connectivity index (χ2n) is 6.57. The summed E-state index contributed by atoms with van der Waals surface area (Å²) in [6.45, 7) is 0. The number of nitrogens with one attached hydrogen (secondary N) is 2. The topological polar surface area (TPSA) is 66.9 Å². The van der Waals surface area contributed by atoms with E-state index in [2.05, 4.69) is 28.5 Å². The van der Waals surface area contributed by atoms with Crippen LogP contribution in [-0.2, 0) is 6.42 Å². The van der Waals surface area contributed by atoms with E-state index in [1.165, 1.54) is 21.8 Å². The zero-order valence-corrected chi connectivity index (χ0v) is 13.0. The van der Waals surface area contributed by atoms with Crippen molar-refractivity contribution in [3.05, 3.63) is 62.3 Å². The maximum atomic E-state index is 12.3. The maximum absolute atomic E-state index is 12.3. The zero-order chi connectivity index (χ0) is 15.8. The standard InChI is InChI=1S/C18H21N3O2/c22-17-11-16(20-18(23)21(17)13-7-4-8-13)19-15-10-3-6-12-5-1-2-9-14(12)15/h1-2,5,9,11,13,15,19H,3-4,6-8,10H2,(H,20,23)/t15-/m0/s1. The van der Waals surface area contributed by atoms with Gasteiger partial charge in [-0.1, -0.05) is 24.3 Å². The third-order valence-corrected chi connectivity index (χ3v) is 5.10. The van der Waals surface area contributed by atoms with E-state index in [-0.39, 0.29) is 23.3 Å². The molecule has 120 valence electrons. The molecule has 0 saturated heterocycles. The summed E-state index contributed by atoms with van der Waals surface area (Å²) in [6.07, 6.45) is 6.14. The van der Waals surface area contributed by atoms with Crippen LogP contribution in [0.5, 0.6) is 0 Å². The van der Waals surface area contributed by atoms with E-state index in [4.69, 9.17) is 0 Å². The number of fused-ring (bicyclic) bond motifs is 1. The quantitative estimate of drug-likeness (QED) is 0.916. The van der Waals surface area contributed by atoms with E-state index in [9.17, 15) is 9.59 Å². The number of rotatable bonds is 3. The lowest BCUT2D eigenvalue weighted by molar-refractivity contribution is 0.296. The van der Waals surface area contributed by atoms with Crippen LogP contribution in [-0.4, -0.2) is 9.55 Å². The van der Waals surface area contributed by atoms with Gasteiger partial charge in [-0.15, -0.1) is 0 Å². The fourth-order valence-electron chi connectivity index (χ4n) is 3.66. The van der Waals surface area contributed by atoms with Gasteiger partial charge in [0, 0.05) is 12.1 Å². The van der Waals surface area contributed by atoms with Crippen LogP contribution < -0.4 is 16.6 Å². The minimum atomic E-state index is -0.297. The summed E-state index contributed by atoms with van der Waals surface area (Å²) in [4.78, 5) is 27.4. The second-order valence-corrected chi connectivity index (χ2v) is 6.57. The van der Waals surface area contributed by atoms with Crippen LogP contribution in [0.4, 0.5) is 5.82 Å². The van der Waals surface area contributed by atoms with Crippen molar-refractivity contribution in [1.29, 1.82) is 0 Å². The Bertz CT molecular complexity index is 801. The summed E-state index contributed by atoms with van der Waals surface area (Å²) in [5, 5.41) is 3.35. The summed E-state index contributed by atoms with van der Waals surface area (Å²) in [5.74, 6) is 0.525. The highest BCUT2D eigenvalue weighted by Crippen LogP contribution is 2.32. The van der Waals surface area contributed by atoms with Gasteiger partial charge in [0.05, 0.1) is 6.04 Å². The maximum Gasteiger partial charge on any atom is 0.330 e. The van der Waals surface area contributed by atoms with Crippen LogP contribution in [0.3, 0.4) is 0 Å². The lowest BCUT2D eigenvalue weighted by atomic mass is 9.88. The highest BCUT2D eigenvalue weighted by molar-refractivity contribution is 5.41. The van der Waals surface area contributed by atoms with Crippen LogP contribution in [0.25, 0.3) is 0 Å². The molecule has 1 saturated carbocycles. The fraction of sp³-hybridized carbons (Fsp3) is 0.444. The summed E-state index contributed by atoms with van der Waals surface area (Å²) >= 11 is 0. The van der Waals surface area contributed by atoms with E-state index in [0.29, 0.717) is 5.82 Å². The first-order valence-electron chi connectivity index (χ1n) is 8.42. The Labute approximate surface area is 134 Å². The largest absolute Gasteiger partial charge is 0.365 e. The van der Waals surface area contributed by atoms with Crippen molar-refractivity contribution >= 4 is 5.82 Å². The number of H-pyrrole nitrogens is 1. The van der Waals surface area contributed by atoms with Crippen molar-refractivity contribution in [3.8, 4) is 0 Å². The highest BCUT2D eigenvalue weighted by atomic mass is 16.2. The van der Waals surface area contributed by atoms with E-state index in [1.54, 1.807) is 0 Å². The molecule has 0 unspecified atom stereocenters. The van der Waals surface area contributed by atoms with E-state index in [1.807, 2.05) is 6.07 Å². The Morgan fingerprint density at radius 3 is 2.65 bits per heavy atom. The van der Waals surface area contributed by atoms with E-state index in [0.717, 1.165) is 38.5 Å². The fourth-order valence-corrected chi connectivity index (χ4v) is 3.66. The number of benzene rings is 1. The molecule has 2 aliphatic carbocycles. The van der Waals surface area contributed by atoms with E-state index >= 15 is 0 Å². The molecule has 0 aliphatic heterocycles. The van der Waals surface area contributed by atoms with Crippen LogP contribution in [0, 0.1) is 0 Å². The average molecular weight is 311 g/mol. The summed E-state index contributed by atoms with van der Waals surface area (Å²) in [6, 6.07) is 10.1. The van der Waals surface area contributed by atoms with Crippen molar-refractivity contribution in [1.82, 2.24) is 9.55 Å². The Hall–Kier alpha value is -2.30. The van der Waals surface area contributed by atoms with Crippen LogP contribution in [0.15, 0.2) is 39.9 Å². The predicted molar refractivity (Wildman–Crippen MR) is 90.0 cm³/mol. The smallest absolute Gasteiger partial charge is 0.330 e.